The standard InChI is InChI=1S/C17H23NO3/c1-10-6-7-18(15(19)14(10)16(20)21)9-11-4-5-12-8-13(11)17(12,2)3/h6-7,11-13H,4-5,8-9H2,1-3H3,(H,20,21)/t11-,12-,13-/m1/s1. The number of nitrogens with zero attached hydrogens (tertiary/aromatic N) is 1. The first-order valence-electron chi connectivity index (χ1n) is 7.75. The first-order valence-corrected chi connectivity index (χ1v) is 7.75. The summed E-state index contributed by atoms with van der Waals surface area (Å²) >= 11 is 0. The highest BCUT2D eigenvalue weighted by Gasteiger charge is 2.54. The van der Waals surface area contributed by atoms with Crippen molar-refractivity contribution >= 4 is 5.97 Å². The van der Waals surface area contributed by atoms with Crippen LogP contribution >= 0.6 is 0 Å². The molecule has 0 aliphatic heterocycles. The summed E-state index contributed by atoms with van der Waals surface area (Å²) in [6.45, 7) is 6.99. The molecule has 0 radical (unpaired) electrons. The van der Waals surface area contributed by atoms with Crippen LogP contribution in [0.5, 0.6) is 0 Å². The molecule has 4 heteroatoms. The molecule has 2 bridgehead atoms. The Morgan fingerprint density at radius 2 is 2.14 bits per heavy atom. The number of rotatable bonds is 3. The lowest BCUT2D eigenvalue weighted by Gasteiger charge is -2.60. The minimum atomic E-state index is -1.13. The molecule has 0 spiro atoms. The Kier molecular flexibility index (Phi) is 3.23. The Bertz CT molecular complexity index is 642. The van der Waals surface area contributed by atoms with Gasteiger partial charge in [0.2, 0.25) is 0 Å². The van der Waals surface area contributed by atoms with Crippen LogP contribution in [0.15, 0.2) is 17.1 Å². The van der Waals surface area contributed by atoms with Crippen molar-refractivity contribution in [2.45, 2.75) is 46.6 Å². The molecular weight excluding hydrogens is 266 g/mol. The van der Waals surface area contributed by atoms with E-state index >= 15 is 0 Å². The molecule has 114 valence electrons. The molecule has 1 heterocycles. The highest BCUT2D eigenvalue weighted by atomic mass is 16.4. The van der Waals surface area contributed by atoms with Gasteiger partial charge < -0.3 is 9.67 Å². The summed E-state index contributed by atoms with van der Waals surface area (Å²) in [6.07, 6.45) is 5.41. The van der Waals surface area contributed by atoms with Gasteiger partial charge in [-0.3, -0.25) is 4.79 Å². The van der Waals surface area contributed by atoms with E-state index in [4.69, 9.17) is 0 Å². The van der Waals surface area contributed by atoms with Gasteiger partial charge in [-0.05, 0) is 61.0 Å². The molecule has 3 saturated carbocycles. The second kappa shape index (κ2) is 4.72. The van der Waals surface area contributed by atoms with Gasteiger partial charge in [-0.2, -0.15) is 0 Å². The highest BCUT2D eigenvalue weighted by Crippen LogP contribution is 2.61. The van der Waals surface area contributed by atoms with E-state index in [0.717, 1.165) is 12.3 Å². The SMILES string of the molecule is Cc1ccn(C[C@H]2CC[C@@H]3C[C@H]2C3(C)C)c(=O)c1C(=O)O. The minimum Gasteiger partial charge on any atom is -0.477 e. The summed E-state index contributed by atoms with van der Waals surface area (Å²) < 4.78 is 1.61. The lowest BCUT2D eigenvalue weighted by Crippen LogP contribution is -2.53. The van der Waals surface area contributed by atoms with E-state index in [1.165, 1.54) is 12.8 Å². The molecular formula is C17H23NO3. The van der Waals surface area contributed by atoms with Gasteiger partial charge in [-0.15, -0.1) is 0 Å². The maximum atomic E-state index is 12.4. The minimum absolute atomic E-state index is 0.0842. The molecule has 4 nitrogen and oxygen atoms in total. The summed E-state index contributed by atoms with van der Waals surface area (Å²) in [5, 5.41) is 9.21. The number of pyridine rings is 1. The van der Waals surface area contributed by atoms with Crippen molar-refractivity contribution < 1.29 is 9.90 Å². The van der Waals surface area contributed by atoms with Gasteiger partial charge in [0.25, 0.3) is 5.56 Å². The van der Waals surface area contributed by atoms with Gasteiger partial charge in [-0.25, -0.2) is 4.79 Å². The molecule has 1 N–H and O–H groups in total. The number of fused-ring (bicyclic) bond motifs is 2. The first-order chi connectivity index (χ1) is 9.82. The number of hydrogen-bond acceptors (Lipinski definition) is 2. The van der Waals surface area contributed by atoms with Crippen LogP contribution in [0.25, 0.3) is 0 Å². The molecule has 0 unspecified atom stereocenters. The molecule has 3 atom stereocenters. The lowest BCUT2D eigenvalue weighted by molar-refractivity contribution is -0.109. The second-order valence-electron chi connectivity index (χ2n) is 7.33. The van der Waals surface area contributed by atoms with Crippen LogP contribution in [0.3, 0.4) is 0 Å². The Hall–Kier alpha value is -1.58. The monoisotopic (exact) mass is 289 g/mol. The quantitative estimate of drug-likeness (QED) is 0.930. The molecule has 0 amide bonds. The van der Waals surface area contributed by atoms with E-state index in [1.54, 1.807) is 23.8 Å². The molecule has 3 fully saturated rings. The van der Waals surface area contributed by atoms with Gasteiger partial charge in [0.15, 0.2) is 0 Å². The number of carboxylic acids is 1. The number of aryl methyl sites for hydroxylation is 1. The molecule has 1 aromatic rings. The van der Waals surface area contributed by atoms with Crippen molar-refractivity contribution in [3.05, 3.63) is 33.7 Å². The summed E-state index contributed by atoms with van der Waals surface area (Å²) in [5.74, 6) is 0.868. The van der Waals surface area contributed by atoms with Crippen LogP contribution in [-0.4, -0.2) is 15.6 Å². The zero-order chi connectivity index (χ0) is 15.4. The Morgan fingerprint density at radius 3 is 2.71 bits per heavy atom. The van der Waals surface area contributed by atoms with Crippen LogP contribution in [0, 0.1) is 30.1 Å². The number of aromatic carboxylic acids is 1. The van der Waals surface area contributed by atoms with E-state index < -0.39 is 5.97 Å². The summed E-state index contributed by atoms with van der Waals surface area (Å²) in [7, 11) is 0. The first kappa shape index (κ1) is 14.4. The molecule has 0 aromatic carbocycles. The number of hydrogen-bond donors (Lipinski definition) is 1. The third kappa shape index (κ3) is 2.12. The van der Waals surface area contributed by atoms with E-state index in [0.29, 0.717) is 29.4 Å². The molecule has 3 aliphatic rings. The smallest absolute Gasteiger partial charge is 0.341 e. The Balaban J connectivity index is 1.88. The fraction of sp³-hybridized carbons (Fsp3) is 0.647. The van der Waals surface area contributed by atoms with Gasteiger partial charge in [0.05, 0.1) is 0 Å². The van der Waals surface area contributed by atoms with E-state index in [1.807, 2.05) is 0 Å². The van der Waals surface area contributed by atoms with Crippen LogP contribution in [0.1, 0.15) is 49.0 Å². The zero-order valence-corrected chi connectivity index (χ0v) is 12.9. The molecule has 21 heavy (non-hydrogen) atoms. The number of carboxylic acid groups (broad SMARTS) is 1. The predicted octanol–water partition coefficient (Wildman–Crippen LogP) is 2.93. The fourth-order valence-corrected chi connectivity index (χ4v) is 4.50. The fourth-order valence-electron chi connectivity index (χ4n) is 4.50. The third-order valence-corrected chi connectivity index (χ3v) is 6.02. The van der Waals surface area contributed by atoms with Gasteiger partial charge in [0.1, 0.15) is 5.56 Å². The zero-order valence-electron chi connectivity index (χ0n) is 12.9. The largest absolute Gasteiger partial charge is 0.477 e. The summed E-state index contributed by atoms with van der Waals surface area (Å²) in [5.41, 5.74) is 0.476. The molecule has 4 rings (SSSR count). The second-order valence-corrected chi connectivity index (χ2v) is 7.33. The van der Waals surface area contributed by atoms with Gasteiger partial charge in [0, 0.05) is 12.7 Å². The van der Waals surface area contributed by atoms with Crippen molar-refractivity contribution in [3.8, 4) is 0 Å². The van der Waals surface area contributed by atoms with Crippen molar-refractivity contribution in [2.24, 2.45) is 23.2 Å². The van der Waals surface area contributed by atoms with Crippen LogP contribution in [-0.2, 0) is 6.54 Å². The van der Waals surface area contributed by atoms with Crippen molar-refractivity contribution in [3.63, 3.8) is 0 Å². The average Bonchev–Trinajstić information content (AvgIpc) is 2.41. The number of carbonyl (C=O) groups is 1. The van der Waals surface area contributed by atoms with E-state index in [9.17, 15) is 14.7 Å². The van der Waals surface area contributed by atoms with Gasteiger partial charge >= 0.3 is 5.97 Å². The number of aromatic nitrogens is 1. The molecule has 0 saturated heterocycles. The normalized spacial score (nSPS) is 29.8. The van der Waals surface area contributed by atoms with E-state index in [2.05, 4.69) is 13.8 Å². The maximum Gasteiger partial charge on any atom is 0.341 e. The van der Waals surface area contributed by atoms with Crippen LogP contribution < -0.4 is 5.56 Å². The van der Waals surface area contributed by atoms with Crippen molar-refractivity contribution in [1.82, 2.24) is 4.57 Å². The van der Waals surface area contributed by atoms with E-state index in [-0.39, 0.29) is 11.1 Å². The predicted molar refractivity (Wildman–Crippen MR) is 80.5 cm³/mol. The topological polar surface area (TPSA) is 59.3 Å². The average molecular weight is 289 g/mol. The van der Waals surface area contributed by atoms with Crippen molar-refractivity contribution in [2.75, 3.05) is 0 Å². The Morgan fingerprint density at radius 1 is 1.43 bits per heavy atom. The Labute approximate surface area is 124 Å². The maximum absolute atomic E-state index is 12.4. The van der Waals surface area contributed by atoms with Crippen molar-refractivity contribution in [1.29, 1.82) is 0 Å². The van der Waals surface area contributed by atoms with Gasteiger partial charge in [-0.1, -0.05) is 13.8 Å². The van der Waals surface area contributed by atoms with Crippen LogP contribution in [0.4, 0.5) is 0 Å². The van der Waals surface area contributed by atoms with Crippen LogP contribution in [0.2, 0.25) is 0 Å². The summed E-state index contributed by atoms with van der Waals surface area (Å²) in [6, 6.07) is 1.74. The summed E-state index contributed by atoms with van der Waals surface area (Å²) in [4.78, 5) is 23.6. The lowest BCUT2D eigenvalue weighted by atomic mass is 9.45. The molecule has 3 aliphatic carbocycles. The highest BCUT2D eigenvalue weighted by molar-refractivity contribution is 5.88. The third-order valence-electron chi connectivity index (χ3n) is 6.02. The molecule has 1 aromatic heterocycles.